The number of carbonyl (C=O) groups excluding carboxylic acids is 1. The minimum atomic E-state index is -0.0815. The van der Waals surface area contributed by atoms with Crippen LogP contribution in [0.25, 0.3) is 0 Å². The van der Waals surface area contributed by atoms with Gasteiger partial charge >= 0.3 is 0 Å². The molecule has 0 saturated heterocycles. The van der Waals surface area contributed by atoms with Crippen molar-refractivity contribution in [3.05, 3.63) is 35.4 Å². The van der Waals surface area contributed by atoms with E-state index in [9.17, 15) is 4.79 Å². The molecule has 1 N–H and O–H groups in total. The molecule has 0 spiro atoms. The second kappa shape index (κ2) is 11.5. The maximum absolute atomic E-state index is 12.2. The zero-order valence-corrected chi connectivity index (χ0v) is 16.1. The van der Waals surface area contributed by atoms with Crippen molar-refractivity contribution in [1.29, 1.82) is 0 Å². The number of hydrogen-bond donors (Lipinski definition) is 1. The molecule has 0 radical (unpaired) electrons. The van der Waals surface area contributed by atoms with E-state index in [-0.39, 0.29) is 24.2 Å². The molecule has 4 heteroatoms. The van der Waals surface area contributed by atoms with Crippen molar-refractivity contribution in [3.63, 3.8) is 0 Å². The molecular formula is C19H33ClN2O. The molecule has 132 valence electrons. The van der Waals surface area contributed by atoms with Crippen LogP contribution in [-0.4, -0.2) is 38.0 Å². The van der Waals surface area contributed by atoms with Gasteiger partial charge < -0.3 is 10.2 Å². The van der Waals surface area contributed by atoms with Crippen molar-refractivity contribution in [2.75, 3.05) is 27.2 Å². The van der Waals surface area contributed by atoms with Crippen molar-refractivity contribution >= 4 is 18.3 Å². The summed E-state index contributed by atoms with van der Waals surface area (Å²) in [5.74, 6) is 0.706. The lowest BCUT2D eigenvalue weighted by atomic mass is 9.96. The van der Waals surface area contributed by atoms with Gasteiger partial charge in [-0.15, -0.1) is 12.4 Å². The molecule has 0 aromatic heterocycles. The third-order valence-corrected chi connectivity index (χ3v) is 3.85. The van der Waals surface area contributed by atoms with E-state index >= 15 is 0 Å². The van der Waals surface area contributed by atoms with Crippen LogP contribution >= 0.6 is 12.4 Å². The molecule has 0 unspecified atom stereocenters. The van der Waals surface area contributed by atoms with Crippen molar-refractivity contribution in [2.45, 2.75) is 46.0 Å². The summed E-state index contributed by atoms with van der Waals surface area (Å²) in [5.41, 5.74) is 2.44. The molecule has 1 rings (SSSR count). The van der Waals surface area contributed by atoms with Gasteiger partial charge in [0.15, 0.2) is 0 Å². The van der Waals surface area contributed by atoms with Gasteiger partial charge in [-0.05, 0) is 63.9 Å². The number of nitrogens with one attached hydrogen (secondary N) is 1. The summed E-state index contributed by atoms with van der Waals surface area (Å²) in [6.07, 6.45) is 3.24. The topological polar surface area (TPSA) is 32.3 Å². The van der Waals surface area contributed by atoms with Crippen LogP contribution in [0, 0.1) is 5.92 Å². The lowest BCUT2D eigenvalue weighted by Crippen LogP contribution is -2.29. The molecule has 23 heavy (non-hydrogen) atoms. The minimum Gasteiger partial charge on any atom is -0.356 e. The first-order valence-electron chi connectivity index (χ1n) is 8.41. The molecule has 0 heterocycles. The summed E-state index contributed by atoms with van der Waals surface area (Å²) in [6, 6.07) is 8.48. The molecule has 1 aromatic rings. The molecule has 1 atom stereocenters. The Morgan fingerprint density at radius 3 is 2.22 bits per heavy atom. The first-order valence-corrected chi connectivity index (χ1v) is 8.41. The van der Waals surface area contributed by atoms with Crippen LogP contribution in [0.2, 0.25) is 0 Å². The first kappa shape index (κ1) is 21.9. The van der Waals surface area contributed by atoms with Gasteiger partial charge in [-0.3, -0.25) is 4.79 Å². The average molecular weight is 341 g/mol. The lowest BCUT2D eigenvalue weighted by Gasteiger charge is -2.14. The van der Waals surface area contributed by atoms with Gasteiger partial charge in [0.1, 0.15) is 0 Å². The number of rotatable bonds is 9. The Labute approximate surface area is 148 Å². The van der Waals surface area contributed by atoms with Crippen LogP contribution in [0.1, 0.15) is 50.7 Å². The van der Waals surface area contributed by atoms with Crippen LogP contribution in [0.3, 0.4) is 0 Å². The highest BCUT2D eigenvalue weighted by atomic mass is 35.5. The quantitative estimate of drug-likeness (QED) is 0.692. The van der Waals surface area contributed by atoms with Gasteiger partial charge in [-0.25, -0.2) is 0 Å². The summed E-state index contributed by atoms with van der Waals surface area (Å²) in [7, 11) is 4.15. The van der Waals surface area contributed by atoms with E-state index in [1.807, 2.05) is 6.92 Å². The maximum Gasteiger partial charge on any atom is 0.227 e. The SMILES string of the molecule is CC(C)Cc1ccc([C@@H](C)C(=O)NCCCCN(C)C)cc1.Cl. The van der Waals surface area contributed by atoms with Crippen molar-refractivity contribution in [1.82, 2.24) is 10.2 Å². The second-order valence-corrected chi connectivity index (χ2v) is 6.86. The molecule has 0 aliphatic carbocycles. The summed E-state index contributed by atoms with van der Waals surface area (Å²) < 4.78 is 0. The molecule has 0 saturated carbocycles. The maximum atomic E-state index is 12.2. The van der Waals surface area contributed by atoms with E-state index in [1.165, 1.54) is 5.56 Å². The van der Waals surface area contributed by atoms with Crippen LogP contribution < -0.4 is 5.32 Å². The number of benzene rings is 1. The number of amides is 1. The van der Waals surface area contributed by atoms with Gasteiger partial charge in [-0.1, -0.05) is 38.1 Å². The van der Waals surface area contributed by atoms with Gasteiger partial charge in [0.25, 0.3) is 0 Å². The third kappa shape index (κ3) is 8.97. The number of nitrogens with zero attached hydrogens (tertiary/aromatic N) is 1. The zero-order valence-electron chi connectivity index (χ0n) is 15.3. The van der Waals surface area contributed by atoms with Gasteiger partial charge in [0, 0.05) is 6.54 Å². The standard InChI is InChI=1S/C19H32N2O.ClH/c1-15(2)14-17-8-10-18(11-9-17)16(3)19(22)20-12-6-7-13-21(4)5;/h8-11,15-16H,6-7,12-14H2,1-5H3,(H,20,22);1H/t16-;/m1./s1. The van der Waals surface area contributed by atoms with E-state index in [0.717, 1.165) is 37.9 Å². The number of halogens is 1. The van der Waals surface area contributed by atoms with Crippen LogP contribution in [-0.2, 0) is 11.2 Å². The average Bonchev–Trinajstić information content (AvgIpc) is 2.45. The Morgan fingerprint density at radius 2 is 1.70 bits per heavy atom. The normalized spacial score (nSPS) is 12.1. The third-order valence-electron chi connectivity index (χ3n) is 3.85. The predicted octanol–water partition coefficient (Wildman–Crippen LogP) is 3.87. The summed E-state index contributed by atoms with van der Waals surface area (Å²) in [6.45, 7) is 8.26. The number of hydrogen-bond acceptors (Lipinski definition) is 2. The molecular weight excluding hydrogens is 308 g/mol. The zero-order chi connectivity index (χ0) is 16.5. The van der Waals surface area contributed by atoms with Gasteiger partial charge in [-0.2, -0.15) is 0 Å². The number of unbranched alkanes of at least 4 members (excludes halogenated alkanes) is 1. The minimum absolute atomic E-state index is 0. The monoisotopic (exact) mass is 340 g/mol. The summed E-state index contributed by atoms with van der Waals surface area (Å²) in [5, 5.41) is 3.04. The van der Waals surface area contributed by atoms with Gasteiger partial charge in [0.05, 0.1) is 5.92 Å². The highest BCUT2D eigenvalue weighted by Gasteiger charge is 2.14. The van der Waals surface area contributed by atoms with E-state index in [0.29, 0.717) is 5.92 Å². The second-order valence-electron chi connectivity index (χ2n) is 6.86. The fourth-order valence-corrected chi connectivity index (χ4v) is 2.48. The molecule has 3 nitrogen and oxygen atoms in total. The Hall–Kier alpha value is -1.06. The van der Waals surface area contributed by atoms with E-state index in [4.69, 9.17) is 0 Å². The Bertz CT molecular complexity index is 443. The molecule has 0 aliphatic heterocycles. The highest BCUT2D eigenvalue weighted by molar-refractivity contribution is 5.85. The van der Waals surface area contributed by atoms with Crippen molar-refractivity contribution in [3.8, 4) is 0 Å². The highest BCUT2D eigenvalue weighted by Crippen LogP contribution is 2.17. The molecule has 0 bridgehead atoms. The van der Waals surface area contributed by atoms with Crippen molar-refractivity contribution in [2.24, 2.45) is 5.92 Å². The fourth-order valence-electron chi connectivity index (χ4n) is 2.48. The predicted molar refractivity (Wildman–Crippen MR) is 101 cm³/mol. The summed E-state index contributed by atoms with van der Waals surface area (Å²) >= 11 is 0. The molecule has 0 aliphatic rings. The molecule has 1 aromatic carbocycles. The van der Waals surface area contributed by atoms with Crippen LogP contribution in [0.15, 0.2) is 24.3 Å². The van der Waals surface area contributed by atoms with Crippen molar-refractivity contribution < 1.29 is 4.79 Å². The van der Waals surface area contributed by atoms with Gasteiger partial charge in [0.2, 0.25) is 5.91 Å². The Morgan fingerprint density at radius 1 is 1.09 bits per heavy atom. The van der Waals surface area contributed by atoms with E-state index < -0.39 is 0 Å². The lowest BCUT2D eigenvalue weighted by molar-refractivity contribution is -0.122. The molecule has 0 fully saturated rings. The smallest absolute Gasteiger partial charge is 0.227 e. The summed E-state index contributed by atoms with van der Waals surface area (Å²) in [4.78, 5) is 14.4. The Kier molecular flexibility index (Phi) is 10.9. The molecule has 1 amide bonds. The first-order chi connectivity index (χ1) is 10.4. The van der Waals surface area contributed by atoms with Crippen LogP contribution in [0.4, 0.5) is 0 Å². The largest absolute Gasteiger partial charge is 0.356 e. The number of carbonyl (C=O) groups is 1. The van der Waals surface area contributed by atoms with Crippen LogP contribution in [0.5, 0.6) is 0 Å². The fraction of sp³-hybridized carbons (Fsp3) is 0.632. The Balaban J connectivity index is 0.00000484. The van der Waals surface area contributed by atoms with E-state index in [2.05, 4.69) is 62.4 Å². The van der Waals surface area contributed by atoms with E-state index in [1.54, 1.807) is 0 Å².